The maximum Gasteiger partial charge on any atom is 0.116 e. The molecule has 1 unspecified atom stereocenters. The fourth-order valence-electron chi connectivity index (χ4n) is 2.42. The molecule has 0 spiro atoms. The smallest absolute Gasteiger partial charge is 0.116 e. The van der Waals surface area contributed by atoms with Gasteiger partial charge >= 0.3 is 0 Å². The molecule has 3 rings (SSSR count). The molecule has 0 saturated heterocycles. The highest BCUT2D eigenvalue weighted by atomic mass is 32.2. The minimum atomic E-state index is 0.288. The van der Waals surface area contributed by atoms with Crippen molar-refractivity contribution in [3.05, 3.63) is 66.6 Å². The first kappa shape index (κ1) is 14.0. The van der Waals surface area contributed by atoms with Gasteiger partial charge in [0.05, 0.1) is 5.03 Å². The highest BCUT2D eigenvalue weighted by Crippen LogP contribution is 2.28. The monoisotopic (exact) mass is 295 g/mol. The summed E-state index contributed by atoms with van der Waals surface area (Å²) in [7, 11) is 2.01. The van der Waals surface area contributed by atoms with Crippen LogP contribution in [0.2, 0.25) is 0 Å². The molecule has 21 heavy (non-hydrogen) atoms. The molecule has 3 nitrogen and oxygen atoms in total. The van der Waals surface area contributed by atoms with Crippen molar-refractivity contribution in [2.75, 3.05) is 12.8 Å². The van der Waals surface area contributed by atoms with Crippen LogP contribution >= 0.6 is 11.8 Å². The van der Waals surface area contributed by atoms with Crippen LogP contribution in [-0.4, -0.2) is 22.8 Å². The standard InChI is InChI=1S/C17H17N3S/c1-18-16(11-21-17-9-10-19-12-20-17)15-8-4-6-13-5-2-3-7-14(13)15/h2-10,12,16,18H,11H2,1H3. The topological polar surface area (TPSA) is 37.8 Å². The van der Waals surface area contributed by atoms with Crippen LogP contribution in [0.15, 0.2) is 66.1 Å². The molecule has 0 bridgehead atoms. The van der Waals surface area contributed by atoms with Crippen molar-refractivity contribution in [3.8, 4) is 0 Å². The third-order valence-corrected chi connectivity index (χ3v) is 4.54. The predicted octanol–water partition coefficient (Wildman–Crippen LogP) is 3.68. The Kier molecular flexibility index (Phi) is 4.48. The summed E-state index contributed by atoms with van der Waals surface area (Å²) < 4.78 is 0. The number of nitrogens with one attached hydrogen (secondary N) is 1. The summed E-state index contributed by atoms with van der Waals surface area (Å²) in [6, 6.07) is 17.2. The average Bonchev–Trinajstić information content (AvgIpc) is 2.56. The van der Waals surface area contributed by atoms with Gasteiger partial charge in [-0.25, -0.2) is 9.97 Å². The van der Waals surface area contributed by atoms with Gasteiger partial charge in [-0.15, -0.1) is 11.8 Å². The van der Waals surface area contributed by atoms with Gasteiger partial charge in [-0.1, -0.05) is 42.5 Å². The fourth-order valence-corrected chi connectivity index (χ4v) is 3.38. The molecule has 1 heterocycles. The van der Waals surface area contributed by atoms with Gasteiger partial charge in [0.1, 0.15) is 6.33 Å². The minimum Gasteiger partial charge on any atom is -0.312 e. The van der Waals surface area contributed by atoms with Crippen molar-refractivity contribution in [3.63, 3.8) is 0 Å². The first-order valence-electron chi connectivity index (χ1n) is 6.92. The molecule has 0 fully saturated rings. The van der Waals surface area contributed by atoms with Gasteiger partial charge in [-0.3, -0.25) is 0 Å². The lowest BCUT2D eigenvalue weighted by atomic mass is 10.00. The molecule has 0 saturated carbocycles. The second kappa shape index (κ2) is 6.70. The fraction of sp³-hybridized carbons (Fsp3) is 0.176. The second-order valence-corrected chi connectivity index (χ2v) is 5.81. The van der Waals surface area contributed by atoms with Gasteiger partial charge in [-0.05, 0) is 29.4 Å². The van der Waals surface area contributed by atoms with Crippen LogP contribution in [0, 0.1) is 0 Å². The molecule has 1 N–H and O–H groups in total. The summed E-state index contributed by atoms with van der Waals surface area (Å²) in [4.78, 5) is 8.22. The number of benzene rings is 2. The van der Waals surface area contributed by atoms with Gasteiger partial charge in [0.15, 0.2) is 0 Å². The Hall–Kier alpha value is -1.91. The van der Waals surface area contributed by atoms with Gasteiger partial charge in [0.25, 0.3) is 0 Å². The van der Waals surface area contributed by atoms with Crippen LogP contribution in [0.3, 0.4) is 0 Å². The molecule has 3 aromatic rings. The summed E-state index contributed by atoms with van der Waals surface area (Å²) in [5.74, 6) is 0.932. The van der Waals surface area contributed by atoms with Crippen LogP contribution in [0.25, 0.3) is 10.8 Å². The SMILES string of the molecule is CNC(CSc1ccncn1)c1cccc2ccccc12. The molecular formula is C17H17N3S. The molecule has 0 aliphatic carbocycles. The van der Waals surface area contributed by atoms with E-state index in [-0.39, 0.29) is 6.04 Å². The first-order chi connectivity index (χ1) is 10.4. The Morgan fingerprint density at radius 2 is 1.95 bits per heavy atom. The van der Waals surface area contributed by atoms with Crippen LogP contribution in [0.1, 0.15) is 11.6 Å². The minimum absolute atomic E-state index is 0.288. The van der Waals surface area contributed by atoms with Crippen molar-refractivity contribution >= 4 is 22.5 Å². The normalized spacial score (nSPS) is 12.4. The molecule has 2 aromatic carbocycles. The highest BCUT2D eigenvalue weighted by molar-refractivity contribution is 7.99. The van der Waals surface area contributed by atoms with E-state index >= 15 is 0 Å². The maximum absolute atomic E-state index is 4.27. The molecule has 0 aliphatic heterocycles. The Morgan fingerprint density at radius 1 is 1.10 bits per heavy atom. The first-order valence-corrected chi connectivity index (χ1v) is 7.91. The van der Waals surface area contributed by atoms with E-state index in [0.29, 0.717) is 0 Å². The number of thioether (sulfide) groups is 1. The van der Waals surface area contributed by atoms with Crippen LogP contribution in [0.4, 0.5) is 0 Å². The van der Waals surface area contributed by atoms with Crippen molar-refractivity contribution < 1.29 is 0 Å². The average molecular weight is 295 g/mol. The third-order valence-electron chi connectivity index (χ3n) is 3.50. The van der Waals surface area contributed by atoms with E-state index in [1.807, 2.05) is 13.1 Å². The number of aromatic nitrogens is 2. The number of hydrogen-bond acceptors (Lipinski definition) is 4. The van der Waals surface area contributed by atoms with Crippen LogP contribution in [0.5, 0.6) is 0 Å². The van der Waals surface area contributed by atoms with E-state index in [1.54, 1.807) is 24.3 Å². The van der Waals surface area contributed by atoms with Gasteiger partial charge in [0, 0.05) is 18.0 Å². The Morgan fingerprint density at radius 3 is 2.76 bits per heavy atom. The largest absolute Gasteiger partial charge is 0.312 e. The van der Waals surface area contributed by atoms with E-state index in [0.717, 1.165) is 10.8 Å². The molecule has 1 atom stereocenters. The highest BCUT2D eigenvalue weighted by Gasteiger charge is 2.13. The Bertz CT molecular complexity index is 710. The number of nitrogens with zero attached hydrogens (tertiary/aromatic N) is 2. The van der Waals surface area contributed by atoms with Crippen molar-refractivity contribution in [1.82, 2.24) is 15.3 Å². The lowest BCUT2D eigenvalue weighted by Crippen LogP contribution is -2.19. The number of rotatable bonds is 5. The van der Waals surface area contributed by atoms with Crippen molar-refractivity contribution in [1.29, 1.82) is 0 Å². The third kappa shape index (κ3) is 3.23. The van der Waals surface area contributed by atoms with E-state index < -0.39 is 0 Å². The molecule has 0 radical (unpaired) electrons. The molecule has 4 heteroatoms. The quantitative estimate of drug-likeness (QED) is 0.575. The summed E-state index contributed by atoms with van der Waals surface area (Å²) in [6.45, 7) is 0. The summed E-state index contributed by atoms with van der Waals surface area (Å²) >= 11 is 1.74. The van der Waals surface area contributed by atoms with Gasteiger partial charge in [-0.2, -0.15) is 0 Å². The van der Waals surface area contributed by atoms with E-state index in [2.05, 4.69) is 57.7 Å². The second-order valence-electron chi connectivity index (χ2n) is 4.77. The number of fused-ring (bicyclic) bond motifs is 1. The van der Waals surface area contributed by atoms with Crippen LogP contribution in [-0.2, 0) is 0 Å². The van der Waals surface area contributed by atoms with E-state index in [9.17, 15) is 0 Å². The zero-order chi connectivity index (χ0) is 14.5. The zero-order valence-corrected chi connectivity index (χ0v) is 12.7. The molecular weight excluding hydrogens is 278 g/mol. The van der Waals surface area contributed by atoms with Crippen molar-refractivity contribution in [2.24, 2.45) is 0 Å². The molecule has 0 amide bonds. The summed E-state index contributed by atoms with van der Waals surface area (Å²) in [6.07, 6.45) is 3.37. The molecule has 0 aliphatic rings. The molecule has 106 valence electrons. The predicted molar refractivity (Wildman–Crippen MR) is 88.5 cm³/mol. The zero-order valence-electron chi connectivity index (χ0n) is 11.9. The number of hydrogen-bond donors (Lipinski definition) is 1. The summed E-state index contributed by atoms with van der Waals surface area (Å²) in [5.41, 5.74) is 1.33. The van der Waals surface area contributed by atoms with Crippen molar-refractivity contribution in [2.45, 2.75) is 11.1 Å². The lowest BCUT2D eigenvalue weighted by molar-refractivity contribution is 0.666. The van der Waals surface area contributed by atoms with Gasteiger partial charge in [0.2, 0.25) is 0 Å². The van der Waals surface area contributed by atoms with E-state index in [1.165, 1.54) is 16.3 Å². The van der Waals surface area contributed by atoms with Gasteiger partial charge < -0.3 is 5.32 Å². The summed E-state index contributed by atoms with van der Waals surface area (Å²) in [5, 5.41) is 7.01. The van der Waals surface area contributed by atoms with E-state index in [4.69, 9.17) is 0 Å². The molecule has 1 aromatic heterocycles. The Balaban J connectivity index is 1.85. The maximum atomic E-state index is 4.27. The lowest BCUT2D eigenvalue weighted by Gasteiger charge is -2.18. The Labute approximate surface area is 128 Å². The van der Waals surface area contributed by atoms with Crippen LogP contribution < -0.4 is 5.32 Å².